The molecule has 1 atom stereocenters. The molecule has 0 saturated heterocycles. The lowest BCUT2D eigenvalue weighted by molar-refractivity contribution is 0.0696. The fourth-order valence-electron chi connectivity index (χ4n) is 1.84. The molecule has 1 rings (SSSR count). The summed E-state index contributed by atoms with van der Waals surface area (Å²) in [5, 5.41) is 21.6. The number of nitrogens with zero attached hydrogens (tertiary/aromatic N) is 1. The highest BCUT2D eigenvalue weighted by Crippen LogP contribution is 2.22. The summed E-state index contributed by atoms with van der Waals surface area (Å²) in [5.41, 5.74) is 1.91. The van der Waals surface area contributed by atoms with Gasteiger partial charge in [0, 0.05) is 5.69 Å². The van der Waals surface area contributed by atoms with Crippen LogP contribution in [0.25, 0.3) is 0 Å². The molecule has 5 nitrogen and oxygen atoms in total. The molecule has 0 unspecified atom stereocenters. The van der Waals surface area contributed by atoms with Gasteiger partial charge in [0.25, 0.3) is 0 Å². The van der Waals surface area contributed by atoms with Crippen LogP contribution in [0.15, 0.2) is 6.07 Å². The van der Waals surface area contributed by atoms with Crippen LogP contribution in [0, 0.1) is 19.8 Å². The molecule has 3 N–H and O–H groups in total. The van der Waals surface area contributed by atoms with Gasteiger partial charge < -0.3 is 15.5 Å². The van der Waals surface area contributed by atoms with Crippen LogP contribution < -0.4 is 5.32 Å². The highest BCUT2D eigenvalue weighted by atomic mass is 16.4. The van der Waals surface area contributed by atoms with Crippen molar-refractivity contribution in [3.63, 3.8) is 0 Å². The Morgan fingerprint density at radius 2 is 2.06 bits per heavy atom. The number of aromatic carboxylic acids is 1. The molecule has 18 heavy (non-hydrogen) atoms. The van der Waals surface area contributed by atoms with Crippen LogP contribution in [0.2, 0.25) is 0 Å². The average Bonchev–Trinajstić information content (AvgIpc) is 2.23. The van der Waals surface area contributed by atoms with E-state index in [1.807, 2.05) is 20.8 Å². The maximum absolute atomic E-state index is 11.3. The predicted molar refractivity (Wildman–Crippen MR) is 70.0 cm³/mol. The predicted octanol–water partition coefficient (Wildman–Crippen LogP) is 1.83. The summed E-state index contributed by atoms with van der Waals surface area (Å²) in [5.74, 6) is -0.812. The van der Waals surface area contributed by atoms with Gasteiger partial charge in [-0.15, -0.1) is 0 Å². The van der Waals surface area contributed by atoms with Crippen LogP contribution in [-0.2, 0) is 0 Å². The van der Waals surface area contributed by atoms with Crippen molar-refractivity contribution in [1.29, 1.82) is 0 Å². The number of aliphatic hydroxyl groups excluding tert-OH is 1. The molecule has 0 aliphatic rings. The first kappa shape index (κ1) is 14.4. The summed E-state index contributed by atoms with van der Waals surface area (Å²) in [6.45, 7) is 7.37. The molecule has 100 valence electrons. The Hall–Kier alpha value is -1.62. The van der Waals surface area contributed by atoms with Gasteiger partial charge in [0.05, 0.1) is 24.0 Å². The smallest absolute Gasteiger partial charge is 0.339 e. The highest BCUT2D eigenvalue weighted by Gasteiger charge is 2.19. The Bertz CT molecular complexity index is 444. The van der Waals surface area contributed by atoms with Gasteiger partial charge in [-0.25, -0.2) is 4.79 Å². The van der Waals surface area contributed by atoms with Gasteiger partial charge in [0.15, 0.2) is 0 Å². The van der Waals surface area contributed by atoms with E-state index < -0.39 is 5.97 Å². The minimum Gasteiger partial charge on any atom is -0.478 e. The molecule has 1 aromatic rings. The van der Waals surface area contributed by atoms with Crippen molar-refractivity contribution in [2.75, 3.05) is 11.9 Å². The number of nitrogens with one attached hydrogen (secondary N) is 1. The van der Waals surface area contributed by atoms with Gasteiger partial charge in [0.2, 0.25) is 0 Å². The van der Waals surface area contributed by atoms with Gasteiger partial charge in [-0.05, 0) is 25.8 Å². The summed E-state index contributed by atoms with van der Waals surface area (Å²) in [4.78, 5) is 15.4. The highest BCUT2D eigenvalue weighted by molar-refractivity contribution is 5.95. The molecule has 0 aliphatic heterocycles. The molecule has 0 fully saturated rings. The Morgan fingerprint density at radius 3 is 2.50 bits per heavy atom. The number of anilines is 1. The lowest BCUT2D eigenvalue weighted by atomic mass is 10.0. The largest absolute Gasteiger partial charge is 0.478 e. The average molecular weight is 252 g/mol. The minimum atomic E-state index is -1.01. The Balaban J connectivity index is 3.18. The van der Waals surface area contributed by atoms with Crippen LogP contribution in [0.3, 0.4) is 0 Å². The second-order valence-corrected chi connectivity index (χ2v) is 4.75. The van der Waals surface area contributed by atoms with E-state index in [2.05, 4.69) is 10.3 Å². The number of pyridine rings is 1. The number of aryl methyl sites for hydroxylation is 2. The summed E-state index contributed by atoms with van der Waals surface area (Å²) in [6.07, 6.45) is 0. The number of hydrogen-bond acceptors (Lipinski definition) is 4. The number of carbonyl (C=O) groups is 1. The van der Waals surface area contributed by atoms with E-state index in [0.717, 1.165) is 5.69 Å². The van der Waals surface area contributed by atoms with Gasteiger partial charge in [-0.1, -0.05) is 13.8 Å². The fourth-order valence-corrected chi connectivity index (χ4v) is 1.84. The molecule has 1 heterocycles. The third-order valence-corrected chi connectivity index (χ3v) is 2.88. The zero-order valence-electron chi connectivity index (χ0n) is 11.2. The first-order chi connectivity index (χ1) is 8.36. The maximum atomic E-state index is 11.3. The maximum Gasteiger partial charge on any atom is 0.339 e. The third kappa shape index (κ3) is 3.20. The number of hydrogen-bond donors (Lipinski definition) is 3. The van der Waals surface area contributed by atoms with Crippen molar-refractivity contribution >= 4 is 11.7 Å². The van der Waals surface area contributed by atoms with E-state index >= 15 is 0 Å². The van der Waals surface area contributed by atoms with Crippen LogP contribution in [-0.4, -0.2) is 33.8 Å². The lowest BCUT2D eigenvalue weighted by Gasteiger charge is -2.23. The SMILES string of the molecule is Cc1cc(N[C@H](CO)C(C)C)c(C(=O)O)c(C)n1. The van der Waals surface area contributed by atoms with Gasteiger partial charge in [-0.3, -0.25) is 4.98 Å². The number of aromatic nitrogens is 1. The van der Waals surface area contributed by atoms with Crippen LogP contribution >= 0.6 is 0 Å². The van der Waals surface area contributed by atoms with E-state index in [9.17, 15) is 15.0 Å². The summed E-state index contributed by atoms with van der Waals surface area (Å²) >= 11 is 0. The van der Waals surface area contributed by atoms with Crippen molar-refractivity contribution in [2.24, 2.45) is 5.92 Å². The third-order valence-electron chi connectivity index (χ3n) is 2.88. The van der Waals surface area contributed by atoms with Crippen LogP contribution in [0.5, 0.6) is 0 Å². The second kappa shape index (κ2) is 5.82. The van der Waals surface area contributed by atoms with Gasteiger partial charge in [-0.2, -0.15) is 0 Å². The zero-order valence-corrected chi connectivity index (χ0v) is 11.2. The summed E-state index contributed by atoms with van der Waals surface area (Å²) in [6, 6.07) is 1.52. The zero-order chi connectivity index (χ0) is 13.9. The molecular weight excluding hydrogens is 232 g/mol. The fraction of sp³-hybridized carbons (Fsp3) is 0.538. The lowest BCUT2D eigenvalue weighted by Crippen LogP contribution is -2.30. The van der Waals surface area contributed by atoms with E-state index in [1.54, 1.807) is 13.0 Å². The molecule has 1 aromatic heterocycles. The van der Waals surface area contributed by atoms with Crippen molar-refractivity contribution in [3.05, 3.63) is 23.0 Å². The molecule has 5 heteroatoms. The molecule has 0 radical (unpaired) electrons. The Kier molecular flexibility index (Phi) is 4.67. The van der Waals surface area contributed by atoms with Gasteiger partial charge >= 0.3 is 5.97 Å². The number of aliphatic hydroxyl groups is 1. The van der Waals surface area contributed by atoms with Crippen molar-refractivity contribution in [2.45, 2.75) is 33.7 Å². The van der Waals surface area contributed by atoms with Crippen LogP contribution in [0.4, 0.5) is 5.69 Å². The summed E-state index contributed by atoms with van der Waals surface area (Å²) in [7, 11) is 0. The normalized spacial score (nSPS) is 12.6. The molecule has 0 bridgehead atoms. The number of carboxylic acids is 1. The monoisotopic (exact) mass is 252 g/mol. The second-order valence-electron chi connectivity index (χ2n) is 4.75. The Labute approximate surface area is 107 Å². The first-order valence-corrected chi connectivity index (χ1v) is 5.95. The standard InChI is InChI=1S/C13H20N2O3/c1-7(2)11(6-16)15-10-5-8(3)14-9(4)12(10)13(17)18/h5,7,11,16H,6H2,1-4H3,(H,14,15)(H,17,18)/t11-/m1/s1. The number of carboxylic acid groups (broad SMARTS) is 1. The van der Waals surface area contributed by atoms with Crippen molar-refractivity contribution < 1.29 is 15.0 Å². The van der Waals surface area contributed by atoms with Crippen LogP contribution in [0.1, 0.15) is 35.6 Å². The van der Waals surface area contributed by atoms with E-state index in [0.29, 0.717) is 11.4 Å². The van der Waals surface area contributed by atoms with Crippen molar-refractivity contribution in [3.8, 4) is 0 Å². The molecule has 0 aliphatic carbocycles. The number of rotatable bonds is 5. The van der Waals surface area contributed by atoms with E-state index in [4.69, 9.17) is 0 Å². The molecule has 0 amide bonds. The molecule has 0 spiro atoms. The first-order valence-electron chi connectivity index (χ1n) is 5.95. The van der Waals surface area contributed by atoms with E-state index in [-0.39, 0.29) is 24.1 Å². The topological polar surface area (TPSA) is 82.5 Å². The Morgan fingerprint density at radius 1 is 1.44 bits per heavy atom. The molecular formula is C13H20N2O3. The minimum absolute atomic E-state index is 0.0445. The van der Waals surface area contributed by atoms with E-state index in [1.165, 1.54) is 0 Å². The van der Waals surface area contributed by atoms with Crippen molar-refractivity contribution in [1.82, 2.24) is 4.98 Å². The van der Waals surface area contributed by atoms with Gasteiger partial charge in [0.1, 0.15) is 5.56 Å². The molecule has 0 saturated carbocycles. The summed E-state index contributed by atoms with van der Waals surface area (Å²) < 4.78 is 0. The molecule has 0 aromatic carbocycles. The quantitative estimate of drug-likeness (QED) is 0.744.